The molecule has 0 amide bonds. The lowest BCUT2D eigenvalue weighted by Gasteiger charge is -2.36. The molecule has 0 aromatic rings. The summed E-state index contributed by atoms with van der Waals surface area (Å²) < 4.78 is 10.5. The Labute approximate surface area is 104 Å². The van der Waals surface area contributed by atoms with Crippen molar-refractivity contribution in [1.29, 1.82) is 0 Å². The highest BCUT2D eigenvalue weighted by Crippen LogP contribution is 2.18. The molecular weight excluding hydrogens is 218 g/mol. The molecule has 0 aromatic carbocycles. The molecule has 4 nitrogen and oxygen atoms in total. The number of hydrogen-bond acceptors (Lipinski definition) is 4. The van der Waals surface area contributed by atoms with Gasteiger partial charge in [0.1, 0.15) is 0 Å². The summed E-state index contributed by atoms with van der Waals surface area (Å²) in [5, 5.41) is 0. The van der Waals surface area contributed by atoms with Crippen molar-refractivity contribution in [3.05, 3.63) is 0 Å². The average molecular weight is 243 g/mol. The number of nitrogens with zero attached hydrogens (tertiary/aromatic N) is 1. The lowest BCUT2D eigenvalue weighted by Crippen LogP contribution is -2.46. The molecule has 4 heteroatoms. The lowest BCUT2D eigenvalue weighted by atomic mass is 9.95. The van der Waals surface area contributed by atoms with Crippen LogP contribution in [0.4, 0.5) is 0 Å². The van der Waals surface area contributed by atoms with Crippen molar-refractivity contribution >= 4 is 5.97 Å². The Morgan fingerprint density at radius 3 is 2.76 bits per heavy atom. The van der Waals surface area contributed by atoms with E-state index in [1.165, 1.54) is 0 Å². The third-order valence-electron chi connectivity index (χ3n) is 2.62. The van der Waals surface area contributed by atoms with Gasteiger partial charge in [0.05, 0.1) is 25.7 Å². The molecule has 1 fully saturated rings. The molecule has 1 unspecified atom stereocenters. The molecule has 1 aliphatic heterocycles. The van der Waals surface area contributed by atoms with E-state index in [0.717, 1.165) is 19.6 Å². The van der Waals surface area contributed by atoms with E-state index in [1.54, 1.807) is 0 Å². The summed E-state index contributed by atoms with van der Waals surface area (Å²) >= 11 is 0. The summed E-state index contributed by atoms with van der Waals surface area (Å²) in [5.41, 5.74) is 0.284. The van der Waals surface area contributed by atoms with Gasteiger partial charge in [-0.3, -0.25) is 9.69 Å². The van der Waals surface area contributed by atoms with Gasteiger partial charge in [0.25, 0.3) is 0 Å². The Bertz CT molecular complexity index is 248. The first kappa shape index (κ1) is 14.5. The number of ether oxygens (including phenoxy) is 2. The summed E-state index contributed by atoms with van der Waals surface area (Å²) in [6.45, 7) is 12.5. The van der Waals surface area contributed by atoms with Crippen LogP contribution in [0.1, 0.15) is 34.1 Å². The van der Waals surface area contributed by atoms with E-state index >= 15 is 0 Å². The van der Waals surface area contributed by atoms with Crippen LogP contribution in [0.15, 0.2) is 0 Å². The van der Waals surface area contributed by atoms with Gasteiger partial charge in [-0.25, -0.2) is 0 Å². The fourth-order valence-corrected chi connectivity index (χ4v) is 2.12. The van der Waals surface area contributed by atoms with Gasteiger partial charge >= 0.3 is 5.97 Å². The van der Waals surface area contributed by atoms with Crippen LogP contribution >= 0.6 is 0 Å². The van der Waals surface area contributed by atoms with Gasteiger partial charge in [0.15, 0.2) is 0 Å². The molecule has 1 atom stereocenters. The van der Waals surface area contributed by atoms with Gasteiger partial charge in [-0.05, 0) is 12.3 Å². The third kappa shape index (κ3) is 6.03. The van der Waals surface area contributed by atoms with Crippen LogP contribution in [0, 0.1) is 5.41 Å². The highest BCUT2D eigenvalue weighted by atomic mass is 16.5. The van der Waals surface area contributed by atoms with E-state index in [-0.39, 0.29) is 17.5 Å². The molecule has 1 saturated heterocycles. The van der Waals surface area contributed by atoms with Gasteiger partial charge in [-0.15, -0.1) is 0 Å². The number of morpholine rings is 1. The van der Waals surface area contributed by atoms with E-state index in [0.29, 0.717) is 19.6 Å². The zero-order valence-electron chi connectivity index (χ0n) is 11.5. The molecule has 1 heterocycles. The van der Waals surface area contributed by atoms with Crippen molar-refractivity contribution in [3.8, 4) is 0 Å². The molecule has 100 valence electrons. The predicted octanol–water partition coefficient (Wildman–Crippen LogP) is 1.69. The first-order chi connectivity index (χ1) is 7.90. The minimum atomic E-state index is -0.157. The van der Waals surface area contributed by atoms with E-state index in [2.05, 4.69) is 25.7 Å². The van der Waals surface area contributed by atoms with E-state index in [4.69, 9.17) is 9.47 Å². The van der Waals surface area contributed by atoms with Crippen LogP contribution in [0.25, 0.3) is 0 Å². The summed E-state index contributed by atoms with van der Waals surface area (Å²) in [6.07, 6.45) is 0.360. The summed E-state index contributed by atoms with van der Waals surface area (Å²) in [5.74, 6) is -0.157. The molecule has 0 aromatic heterocycles. The minimum absolute atomic E-state index is 0.00912. The fraction of sp³-hybridized carbons (Fsp3) is 0.923. The maximum Gasteiger partial charge on any atom is 0.308 e. The molecule has 0 spiro atoms. The second-order valence-corrected chi connectivity index (χ2v) is 5.80. The zero-order chi connectivity index (χ0) is 12.9. The molecule has 1 rings (SSSR count). The smallest absolute Gasteiger partial charge is 0.308 e. The molecule has 17 heavy (non-hydrogen) atoms. The summed E-state index contributed by atoms with van der Waals surface area (Å²) in [6, 6.07) is 0. The molecule has 0 saturated carbocycles. The van der Waals surface area contributed by atoms with E-state index in [9.17, 15) is 4.79 Å². The van der Waals surface area contributed by atoms with Gasteiger partial charge < -0.3 is 9.47 Å². The molecular formula is C13H25NO3. The average Bonchev–Trinajstić information content (AvgIpc) is 2.15. The second kappa shape index (κ2) is 6.36. The Morgan fingerprint density at radius 2 is 2.18 bits per heavy atom. The standard InChI is InChI=1S/C13H25NO3/c1-5-16-12(15)8-11-9-14(6-7-17-11)10-13(2,3)4/h11H,5-10H2,1-4H3. The molecule has 0 radical (unpaired) electrons. The van der Waals surface area contributed by atoms with E-state index in [1.807, 2.05) is 6.92 Å². The van der Waals surface area contributed by atoms with Crippen molar-refractivity contribution < 1.29 is 14.3 Å². The van der Waals surface area contributed by atoms with Crippen molar-refractivity contribution in [2.45, 2.75) is 40.2 Å². The highest BCUT2D eigenvalue weighted by Gasteiger charge is 2.26. The van der Waals surface area contributed by atoms with Crippen LogP contribution in [0.2, 0.25) is 0 Å². The summed E-state index contributed by atoms with van der Waals surface area (Å²) in [7, 11) is 0. The van der Waals surface area contributed by atoms with Crippen LogP contribution in [-0.4, -0.2) is 49.8 Å². The Kier molecular flexibility index (Phi) is 5.40. The van der Waals surface area contributed by atoms with Gasteiger partial charge in [-0.1, -0.05) is 20.8 Å². The van der Waals surface area contributed by atoms with Crippen LogP contribution < -0.4 is 0 Å². The normalized spacial score (nSPS) is 22.5. The zero-order valence-corrected chi connectivity index (χ0v) is 11.5. The lowest BCUT2D eigenvalue weighted by molar-refractivity contribution is -0.148. The predicted molar refractivity (Wildman–Crippen MR) is 66.9 cm³/mol. The Hall–Kier alpha value is -0.610. The van der Waals surface area contributed by atoms with Gasteiger partial charge in [0.2, 0.25) is 0 Å². The molecule has 0 aliphatic carbocycles. The van der Waals surface area contributed by atoms with Gasteiger partial charge in [-0.2, -0.15) is 0 Å². The molecule has 1 aliphatic rings. The number of carbonyl (C=O) groups is 1. The Balaban J connectivity index is 2.36. The molecule has 0 bridgehead atoms. The quantitative estimate of drug-likeness (QED) is 0.704. The number of hydrogen-bond donors (Lipinski definition) is 0. The van der Waals surface area contributed by atoms with Crippen molar-refractivity contribution in [2.24, 2.45) is 5.41 Å². The van der Waals surface area contributed by atoms with Crippen LogP contribution in [-0.2, 0) is 14.3 Å². The number of rotatable bonds is 4. The Morgan fingerprint density at radius 1 is 1.47 bits per heavy atom. The second-order valence-electron chi connectivity index (χ2n) is 5.80. The minimum Gasteiger partial charge on any atom is -0.466 e. The maximum absolute atomic E-state index is 11.4. The summed E-state index contributed by atoms with van der Waals surface area (Å²) in [4.78, 5) is 13.8. The van der Waals surface area contributed by atoms with Crippen LogP contribution in [0.5, 0.6) is 0 Å². The monoisotopic (exact) mass is 243 g/mol. The third-order valence-corrected chi connectivity index (χ3v) is 2.62. The van der Waals surface area contributed by atoms with E-state index < -0.39 is 0 Å². The fourth-order valence-electron chi connectivity index (χ4n) is 2.12. The first-order valence-corrected chi connectivity index (χ1v) is 6.40. The van der Waals surface area contributed by atoms with Gasteiger partial charge in [0, 0.05) is 19.6 Å². The maximum atomic E-state index is 11.4. The van der Waals surface area contributed by atoms with Crippen molar-refractivity contribution in [3.63, 3.8) is 0 Å². The van der Waals surface area contributed by atoms with Crippen molar-refractivity contribution in [1.82, 2.24) is 4.90 Å². The molecule has 0 N–H and O–H groups in total. The van der Waals surface area contributed by atoms with Crippen LogP contribution in [0.3, 0.4) is 0 Å². The highest BCUT2D eigenvalue weighted by molar-refractivity contribution is 5.69. The largest absolute Gasteiger partial charge is 0.466 e. The van der Waals surface area contributed by atoms with Crippen molar-refractivity contribution in [2.75, 3.05) is 32.8 Å². The topological polar surface area (TPSA) is 38.8 Å². The number of esters is 1. The first-order valence-electron chi connectivity index (χ1n) is 6.40. The SMILES string of the molecule is CCOC(=O)CC1CN(CC(C)(C)C)CCO1. The number of carbonyl (C=O) groups excluding carboxylic acids is 1.